The van der Waals surface area contributed by atoms with Crippen LogP contribution in [-0.4, -0.2) is 17.5 Å². The summed E-state index contributed by atoms with van der Waals surface area (Å²) < 4.78 is 0. The van der Waals surface area contributed by atoms with Crippen LogP contribution in [0, 0.1) is 11.3 Å². The van der Waals surface area contributed by atoms with E-state index in [0.717, 1.165) is 5.56 Å². The van der Waals surface area contributed by atoms with Crippen molar-refractivity contribution in [3.05, 3.63) is 29.8 Å². The fourth-order valence-corrected chi connectivity index (χ4v) is 1.58. The van der Waals surface area contributed by atoms with Crippen molar-refractivity contribution in [1.82, 2.24) is 5.43 Å². The maximum Gasteiger partial charge on any atom is 0.246 e. The highest BCUT2D eigenvalue weighted by molar-refractivity contribution is 6.14. The number of nitrogens with zero attached hydrogens (tertiary/aromatic N) is 2. The molecule has 90 valence electrons. The monoisotopic (exact) mass is 242 g/mol. The third kappa shape index (κ3) is 2.71. The van der Waals surface area contributed by atoms with E-state index >= 15 is 0 Å². The normalized spacial score (nSPS) is 13.5. The fraction of sp³-hybridized carbons (Fsp3) is 0.167. The number of carbonyl (C=O) groups excluding carboxylic acids is 2. The van der Waals surface area contributed by atoms with Gasteiger partial charge >= 0.3 is 0 Å². The van der Waals surface area contributed by atoms with Crippen molar-refractivity contribution >= 4 is 23.2 Å². The summed E-state index contributed by atoms with van der Waals surface area (Å²) in [6, 6.07) is 8.76. The van der Waals surface area contributed by atoms with Gasteiger partial charge in [-0.2, -0.15) is 10.4 Å². The Hall–Kier alpha value is -2.68. The van der Waals surface area contributed by atoms with Gasteiger partial charge in [-0.05, 0) is 12.1 Å². The summed E-state index contributed by atoms with van der Waals surface area (Å²) in [5.74, 6) is -0.513. The Bertz CT molecular complexity index is 572. The maximum absolute atomic E-state index is 11.3. The number of benzene rings is 1. The van der Waals surface area contributed by atoms with Gasteiger partial charge in [-0.25, -0.2) is 5.43 Å². The Kier molecular flexibility index (Phi) is 3.34. The third-order valence-electron chi connectivity index (χ3n) is 2.36. The minimum absolute atomic E-state index is 0.149. The van der Waals surface area contributed by atoms with E-state index in [9.17, 15) is 9.59 Å². The van der Waals surface area contributed by atoms with E-state index in [1.807, 2.05) is 0 Å². The Morgan fingerprint density at radius 2 is 2.39 bits per heavy atom. The van der Waals surface area contributed by atoms with Crippen LogP contribution < -0.4 is 10.7 Å². The smallest absolute Gasteiger partial charge is 0.246 e. The highest BCUT2D eigenvalue weighted by Crippen LogP contribution is 2.14. The molecule has 0 saturated heterocycles. The van der Waals surface area contributed by atoms with Crippen LogP contribution in [0.15, 0.2) is 29.4 Å². The van der Waals surface area contributed by atoms with Gasteiger partial charge in [-0.3, -0.25) is 9.59 Å². The van der Waals surface area contributed by atoms with Crippen molar-refractivity contribution in [2.75, 3.05) is 5.32 Å². The SMILES string of the molecule is N#CCC(=O)Nc1cccc(C2=NNC(=O)C2)c1. The van der Waals surface area contributed by atoms with Crippen LogP contribution >= 0.6 is 0 Å². The van der Waals surface area contributed by atoms with Gasteiger partial charge in [0.2, 0.25) is 11.8 Å². The van der Waals surface area contributed by atoms with Crippen LogP contribution in [0.25, 0.3) is 0 Å². The highest BCUT2D eigenvalue weighted by atomic mass is 16.2. The minimum atomic E-state index is -0.364. The summed E-state index contributed by atoms with van der Waals surface area (Å²) in [5, 5.41) is 14.9. The number of hydrazone groups is 1. The van der Waals surface area contributed by atoms with E-state index < -0.39 is 0 Å². The predicted octanol–water partition coefficient (Wildman–Crippen LogP) is 0.763. The molecule has 0 radical (unpaired) electrons. The molecule has 1 aromatic rings. The van der Waals surface area contributed by atoms with Gasteiger partial charge in [0, 0.05) is 11.3 Å². The van der Waals surface area contributed by atoms with Crippen molar-refractivity contribution in [2.24, 2.45) is 5.10 Å². The molecule has 0 atom stereocenters. The molecule has 0 saturated carbocycles. The molecule has 0 aliphatic carbocycles. The lowest BCUT2D eigenvalue weighted by Crippen LogP contribution is -2.11. The van der Waals surface area contributed by atoms with Gasteiger partial charge in [0.05, 0.1) is 18.2 Å². The molecule has 1 aliphatic rings. The molecule has 0 fully saturated rings. The number of hydrogen-bond acceptors (Lipinski definition) is 4. The van der Waals surface area contributed by atoms with E-state index in [0.29, 0.717) is 11.4 Å². The van der Waals surface area contributed by atoms with Crippen molar-refractivity contribution in [3.8, 4) is 6.07 Å². The molecule has 0 aromatic heterocycles. The average molecular weight is 242 g/mol. The largest absolute Gasteiger partial charge is 0.325 e. The summed E-state index contributed by atoms with van der Waals surface area (Å²) >= 11 is 0. The average Bonchev–Trinajstić information content (AvgIpc) is 2.76. The molecule has 1 aromatic carbocycles. The number of carbonyl (C=O) groups is 2. The molecule has 2 rings (SSSR count). The third-order valence-corrected chi connectivity index (χ3v) is 2.36. The quantitative estimate of drug-likeness (QED) is 0.819. The number of hydrogen-bond donors (Lipinski definition) is 2. The van der Waals surface area contributed by atoms with Gasteiger partial charge < -0.3 is 5.32 Å². The standard InChI is InChI=1S/C12H10N4O2/c13-5-4-11(17)14-9-3-1-2-8(6-9)10-7-12(18)16-15-10/h1-3,6H,4,7H2,(H,14,17)(H,16,18). The summed E-state index contributed by atoms with van der Waals surface area (Å²) in [6.45, 7) is 0. The number of nitriles is 1. The first kappa shape index (κ1) is 11.8. The predicted molar refractivity (Wildman–Crippen MR) is 64.6 cm³/mol. The summed E-state index contributed by atoms with van der Waals surface area (Å²) in [6.07, 6.45) is 0.0425. The lowest BCUT2D eigenvalue weighted by molar-refractivity contribution is -0.119. The molecule has 2 N–H and O–H groups in total. The molecular weight excluding hydrogens is 232 g/mol. The zero-order valence-electron chi connectivity index (χ0n) is 9.43. The van der Waals surface area contributed by atoms with Gasteiger partial charge in [0.1, 0.15) is 6.42 Å². The van der Waals surface area contributed by atoms with Crippen LogP contribution in [0.2, 0.25) is 0 Å². The van der Waals surface area contributed by atoms with Crippen molar-refractivity contribution in [3.63, 3.8) is 0 Å². The van der Waals surface area contributed by atoms with Crippen molar-refractivity contribution < 1.29 is 9.59 Å². The topological polar surface area (TPSA) is 94.3 Å². The molecule has 6 nitrogen and oxygen atoms in total. The number of amides is 2. The second-order valence-corrected chi connectivity index (χ2v) is 3.73. The van der Waals surface area contributed by atoms with Crippen molar-refractivity contribution in [2.45, 2.75) is 12.8 Å². The van der Waals surface area contributed by atoms with Crippen molar-refractivity contribution in [1.29, 1.82) is 5.26 Å². The Balaban J connectivity index is 2.13. The molecular formula is C12H10N4O2. The van der Waals surface area contributed by atoms with E-state index in [2.05, 4.69) is 15.8 Å². The van der Waals surface area contributed by atoms with E-state index in [1.165, 1.54) is 0 Å². The number of rotatable bonds is 3. The summed E-state index contributed by atoms with van der Waals surface area (Å²) in [5.41, 5.74) is 4.35. The number of nitrogens with one attached hydrogen (secondary N) is 2. The Labute approximate surface area is 103 Å². The van der Waals surface area contributed by atoms with Gasteiger partial charge in [0.25, 0.3) is 0 Å². The number of anilines is 1. The van der Waals surface area contributed by atoms with E-state index in [-0.39, 0.29) is 24.7 Å². The summed E-state index contributed by atoms with van der Waals surface area (Å²) in [7, 11) is 0. The maximum atomic E-state index is 11.3. The Morgan fingerprint density at radius 1 is 1.56 bits per heavy atom. The van der Waals surface area contributed by atoms with Crippen LogP contribution in [0.3, 0.4) is 0 Å². The lowest BCUT2D eigenvalue weighted by Gasteiger charge is -2.05. The Morgan fingerprint density at radius 3 is 3.06 bits per heavy atom. The second kappa shape index (κ2) is 5.10. The van der Waals surface area contributed by atoms with E-state index in [1.54, 1.807) is 30.3 Å². The first-order chi connectivity index (χ1) is 8.69. The molecule has 6 heteroatoms. The zero-order valence-corrected chi connectivity index (χ0v) is 9.43. The van der Waals surface area contributed by atoms with Crippen LogP contribution in [0.4, 0.5) is 5.69 Å². The first-order valence-electron chi connectivity index (χ1n) is 5.31. The molecule has 2 amide bonds. The molecule has 0 unspecified atom stereocenters. The zero-order chi connectivity index (χ0) is 13.0. The first-order valence-corrected chi connectivity index (χ1v) is 5.31. The minimum Gasteiger partial charge on any atom is -0.325 e. The summed E-state index contributed by atoms with van der Waals surface area (Å²) in [4.78, 5) is 22.3. The fourth-order valence-electron chi connectivity index (χ4n) is 1.58. The second-order valence-electron chi connectivity index (χ2n) is 3.73. The molecule has 18 heavy (non-hydrogen) atoms. The van der Waals surface area contributed by atoms with Gasteiger partial charge in [0.15, 0.2) is 0 Å². The van der Waals surface area contributed by atoms with Crippen LogP contribution in [0.5, 0.6) is 0 Å². The highest BCUT2D eigenvalue weighted by Gasteiger charge is 2.16. The molecule has 0 spiro atoms. The molecule has 1 aliphatic heterocycles. The van der Waals surface area contributed by atoms with E-state index in [4.69, 9.17) is 5.26 Å². The van der Waals surface area contributed by atoms with Gasteiger partial charge in [-0.1, -0.05) is 12.1 Å². The lowest BCUT2D eigenvalue weighted by atomic mass is 10.1. The molecule has 1 heterocycles. The van der Waals surface area contributed by atoms with Crippen LogP contribution in [0.1, 0.15) is 18.4 Å². The van der Waals surface area contributed by atoms with Crippen LogP contribution in [-0.2, 0) is 9.59 Å². The van der Waals surface area contributed by atoms with Gasteiger partial charge in [-0.15, -0.1) is 0 Å². The molecule has 0 bridgehead atoms.